The first-order valence-corrected chi connectivity index (χ1v) is 7.75. The van der Waals surface area contributed by atoms with Crippen LogP contribution in [-0.4, -0.2) is 32.2 Å². The molecule has 0 atom stereocenters. The summed E-state index contributed by atoms with van der Waals surface area (Å²) in [5.74, 6) is 0.730. The second kappa shape index (κ2) is 6.04. The van der Waals surface area contributed by atoms with Crippen LogP contribution in [0.4, 0.5) is 0 Å². The third-order valence-corrected chi connectivity index (χ3v) is 5.03. The van der Waals surface area contributed by atoms with Crippen LogP contribution in [0.25, 0.3) is 0 Å². The largest absolute Gasteiger partial charge is 0.496 e. The molecule has 1 fully saturated rings. The molecule has 0 aromatic heterocycles. The van der Waals surface area contributed by atoms with E-state index in [2.05, 4.69) is 0 Å². The summed E-state index contributed by atoms with van der Waals surface area (Å²) >= 11 is 6.52. The van der Waals surface area contributed by atoms with Gasteiger partial charge in [-0.2, -0.15) is 0 Å². The zero-order valence-electron chi connectivity index (χ0n) is 14.4. The standard InChI is InChI=1S/C16H24BClO4/c1-10-8-12(20-9-19-7)11(2)13(14(10)18)17-21-15(3,4)16(5,6)22-17/h8H,9H2,1-7H3. The van der Waals surface area contributed by atoms with Gasteiger partial charge in [0.2, 0.25) is 0 Å². The highest BCUT2D eigenvalue weighted by Crippen LogP contribution is 2.38. The van der Waals surface area contributed by atoms with Gasteiger partial charge in [0.15, 0.2) is 6.79 Å². The zero-order chi connectivity index (χ0) is 16.7. The summed E-state index contributed by atoms with van der Waals surface area (Å²) in [6, 6.07) is 1.91. The van der Waals surface area contributed by atoms with E-state index in [-0.39, 0.29) is 6.79 Å². The molecule has 0 amide bonds. The van der Waals surface area contributed by atoms with Crippen LogP contribution in [-0.2, 0) is 14.0 Å². The Hall–Kier alpha value is -0.745. The van der Waals surface area contributed by atoms with Crippen LogP contribution < -0.4 is 10.2 Å². The lowest BCUT2D eigenvalue weighted by Crippen LogP contribution is -2.41. The molecule has 1 saturated heterocycles. The second-order valence-corrected chi connectivity index (χ2v) is 7.06. The lowest BCUT2D eigenvalue weighted by molar-refractivity contribution is 0.00578. The van der Waals surface area contributed by atoms with Crippen molar-refractivity contribution in [2.24, 2.45) is 0 Å². The van der Waals surface area contributed by atoms with Crippen molar-refractivity contribution in [2.75, 3.05) is 13.9 Å². The summed E-state index contributed by atoms with van der Waals surface area (Å²) < 4.78 is 22.9. The molecule has 1 aliphatic heterocycles. The van der Waals surface area contributed by atoms with E-state index in [9.17, 15) is 0 Å². The Bertz CT molecular complexity index is 556. The van der Waals surface area contributed by atoms with Gasteiger partial charge >= 0.3 is 7.12 Å². The fraction of sp³-hybridized carbons (Fsp3) is 0.625. The third-order valence-electron chi connectivity index (χ3n) is 4.53. The van der Waals surface area contributed by atoms with Crippen molar-refractivity contribution in [3.63, 3.8) is 0 Å². The third kappa shape index (κ3) is 3.00. The summed E-state index contributed by atoms with van der Waals surface area (Å²) in [7, 11) is 1.08. The van der Waals surface area contributed by atoms with Crippen molar-refractivity contribution >= 4 is 24.2 Å². The Kier molecular flexibility index (Phi) is 4.84. The molecule has 0 N–H and O–H groups in total. The molecule has 0 bridgehead atoms. The van der Waals surface area contributed by atoms with E-state index in [1.165, 1.54) is 0 Å². The molecule has 6 heteroatoms. The van der Waals surface area contributed by atoms with E-state index in [1.807, 2.05) is 47.6 Å². The first-order chi connectivity index (χ1) is 10.1. The minimum Gasteiger partial charge on any atom is -0.467 e. The van der Waals surface area contributed by atoms with Gasteiger partial charge in [-0.3, -0.25) is 0 Å². The summed E-state index contributed by atoms with van der Waals surface area (Å²) in [4.78, 5) is 0. The topological polar surface area (TPSA) is 36.9 Å². The maximum atomic E-state index is 6.52. The Labute approximate surface area is 138 Å². The van der Waals surface area contributed by atoms with Crippen LogP contribution in [0.2, 0.25) is 5.02 Å². The fourth-order valence-corrected chi connectivity index (χ4v) is 2.68. The number of aryl methyl sites for hydroxylation is 1. The molecule has 0 spiro atoms. The minimum absolute atomic E-state index is 0.185. The summed E-state index contributed by atoms with van der Waals surface area (Å²) in [5.41, 5.74) is 1.83. The molecular weight excluding hydrogens is 302 g/mol. The summed E-state index contributed by atoms with van der Waals surface area (Å²) in [5, 5.41) is 0.653. The quantitative estimate of drug-likeness (QED) is 0.629. The maximum Gasteiger partial charge on any atom is 0.496 e. The van der Waals surface area contributed by atoms with Gasteiger partial charge in [-0.05, 0) is 58.7 Å². The molecule has 22 heavy (non-hydrogen) atoms. The van der Waals surface area contributed by atoms with Crippen LogP contribution >= 0.6 is 11.6 Å². The van der Waals surface area contributed by atoms with Gasteiger partial charge in [0, 0.05) is 17.6 Å². The second-order valence-electron chi connectivity index (χ2n) is 6.68. The van der Waals surface area contributed by atoms with E-state index in [1.54, 1.807) is 7.11 Å². The van der Waals surface area contributed by atoms with Crippen molar-refractivity contribution in [1.29, 1.82) is 0 Å². The van der Waals surface area contributed by atoms with Gasteiger partial charge in [-0.15, -0.1) is 0 Å². The highest BCUT2D eigenvalue weighted by atomic mass is 35.5. The predicted molar refractivity (Wildman–Crippen MR) is 89.1 cm³/mol. The molecule has 1 heterocycles. The lowest BCUT2D eigenvalue weighted by atomic mass is 9.75. The Balaban J connectivity index is 2.45. The van der Waals surface area contributed by atoms with Crippen molar-refractivity contribution in [2.45, 2.75) is 52.7 Å². The molecule has 1 aliphatic rings. The van der Waals surface area contributed by atoms with Gasteiger partial charge in [-0.25, -0.2) is 0 Å². The number of ether oxygens (including phenoxy) is 2. The Morgan fingerprint density at radius 3 is 2.18 bits per heavy atom. The van der Waals surface area contributed by atoms with Gasteiger partial charge in [-0.1, -0.05) is 11.6 Å². The van der Waals surface area contributed by atoms with E-state index in [0.29, 0.717) is 5.02 Å². The summed E-state index contributed by atoms with van der Waals surface area (Å²) in [6.45, 7) is 12.2. The maximum absolute atomic E-state index is 6.52. The average molecular weight is 327 g/mol. The lowest BCUT2D eigenvalue weighted by Gasteiger charge is -2.32. The first-order valence-electron chi connectivity index (χ1n) is 7.37. The fourth-order valence-electron chi connectivity index (χ4n) is 2.39. The molecule has 0 saturated carbocycles. The smallest absolute Gasteiger partial charge is 0.467 e. The number of methoxy groups -OCH3 is 1. The van der Waals surface area contributed by atoms with Gasteiger partial charge in [0.05, 0.1) is 11.2 Å². The Morgan fingerprint density at radius 1 is 1.14 bits per heavy atom. The molecule has 0 aliphatic carbocycles. The molecule has 2 rings (SSSR count). The minimum atomic E-state index is -0.512. The molecule has 0 radical (unpaired) electrons. The highest BCUT2D eigenvalue weighted by Gasteiger charge is 2.52. The Morgan fingerprint density at radius 2 is 1.68 bits per heavy atom. The van der Waals surface area contributed by atoms with Crippen LogP contribution in [0.15, 0.2) is 6.07 Å². The number of benzene rings is 1. The van der Waals surface area contributed by atoms with Crippen molar-refractivity contribution in [1.82, 2.24) is 0 Å². The zero-order valence-corrected chi connectivity index (χ0v) is 15.1. The highest BCUT2D eigenvalue weighted by molar-refractivity contribution is 6.66. The number of rotatable bonds is 4. The van der Waals surface area contributed by atoms with E-state index in [0.717, 1.165) is 22.3 Å². The monoisotopic (exact) mass is 326 g/mol. The van der Waals surface area contributed by atoms with Crippen molar-refractivity contribution in [3.8, 4) is 5.75 Å². The average Bonchev–Trinajstić information content (AvgIpc) is 2.61. The SMILES string of the molecule is COCOc1cc(C)c(Cl)c(B2OC(C)(C)C(C)(C)O2)c1C. The predicted octanol–water partition coefficient (Wildman–Crippen LogP) is 3.24. The number of hydrogen-bond acceptors (Lipinski definition) is 4. The van der Waals surface area contributed by atoms with Crippen LogP contribution in [0.5, 0.6) is 5.75 Å². The number of hydrogen-bond donors (Lipinski definition) is 0. The van der Waals surface area contributed by atoms with Crippen LogP contribution in [0, 0.1) is 13.8 Å². The normalized spacial score (nSPS) is 19.5. The molecular formula is C16H24BClO4. The van der Waals surface area contributed by atoms with Gasteiger partial charge < -0.3 is 18.8 Å². The molecule has 1 aromatic rings. The van der Waals surface area contributed by atoms with Crippen molar-refractivity contribution in [3.05, 3.63) is 22.2 Å². The van der Waals surface area contributed by atoms with E-state index >= 15 is 0 Å². The van der Waals surface area contributed by atoms with E-state index < -0.39 is 18.3 Å². The van der Waals surface area contributed by atoms with Crippen LogP contribution in [0.1, 0.15) is 38.8 Å². The summed E-state index contributed by atoms with van der Waals surface area (Å²) in [6.07, 6.45) is 0. The van der Waals surface area contributed by atoms with Crippen LogP contribution in [0.3, 0.4) is 0 Å². The van der Waals surface area contributed by atoms with Crippen molar-refractivity contribution < 1.29 is 18.8 Å². The first kappa shape index (κ1) is 17.6. The van der Waals surface area contributed by atoms with Gasteiger partial charge in [0.25, 0.3) is 0 Å². The molecule has 0 unspecified atom stereocenters. The van der Waals surface area contributed by atoms with Gasteiger partial charge in [0.1, 0.15) is 5.75 Å². The van der Waals surface area contributed by atoms with E-state index in [4.69, 9.17) is 30.4 Å². The molecule has 4 nitrogen and oxygen atoms in total. The molecule has 1 aromatic carbocycles. The molecule has 122 valence electrons. The number of halogens is 1.